The normalized spacial score (nSPS) is 12.8. The SMILES string of the molecule is CC1(C)c2ccccc2-c2ccc3[nH]c4c5ccccc5c5ccccc5c4c3c21.c1ccc(-n2c3cc4ccccc4cc3c3c4c(ccc32)[nH]c2cc3ccccc3cc24)cc1.c1ccc2c(c1)Cc1c-2c2sc3ccc4ccccc4c3c2c2ccccc12.c1ccc2c(c1)[nH]c1ccc3c(oc4c5ccccc5c5ccccc5c34)c12.c1ccc2c(c1)ccc1c2[nH]c2c3ccccc3c3c4ccccc4sc3c12. The summed E-state index contributed by atoms with van der Waals surface area (Å²) >= 11 is 3.87. The van der Waals surface area contributed by atoms with Crippen molar-refractivity contribution < 1.29 is 4.42 Å². The lowest BCUT2D eigenvalue weighted by molar-refractivity contribution is 0.666. The van der Waals surface area contributed by atoms with Crippen molar-refractivity contribution in [2.24, 2.45) is 0 Å². The monoisotopic (exact) mass is 1920 g/mol. The number of fused-ring (bicyclic) bond motifs is 57. The number of H-pyrrole nitrogens is 4. The van der Waals surface area contributed by atoms with Crippen LogP contribution in [0.3, 0.4) is 0 Å². The van der Waals surface area contributed by atoms with Crippen LogP contribution in [-0.2, 0) is 11.8 Å². The Hall–Kier alpha value is -18.4. The van der Waals surface area contributed by atoms with Gasteiger partial charge in [-0.15, -0.1) is 22.7 Å². The lowest BCUT2D eigenvalue weighted by atomic mass is 9.80. The van der Waals surface area contributed by atoms with Gasteiger partial charge in [0.1, 0.15) is 11.2 Å². The summed E-state index contributed by atoms with van der Waals surface area (Å²) < 4.78 is 14.6. The van der Waals surface area contributed by atoms with Gasteiger partial charge in [0, 0.05) is 160 Å². The van der Waals surface area contributed by atoms with Gasteiger partial charge in [-0.3, -0.25) is 0 Å². The Bertz CT molecular complexity index is 11800. The number of nitrogens with one attached hydrogen (secondary N) is 4. The number of hydrogen-bond donors (Lipinski definition) is 4. The largest absolute Gasteiger partial charge is 0.455 e. The van der Waals surface area contributed by atoms with E-state index in [1.807, 2.05) is 22.7 Å². The first-order valence-corrected chi connectivity index (χ1v) is 52.8. The number of rotatable bonds is 1. The molecule has 8 heterocycles. The molecule has 4 N–H and O–H groups in total. The van der Waals surface area contributed by atoms with Crippen molar-refractivity contribution in [2.75, 3.05) is 0 Å². The number of benzene rings is 26. The van der Waals surface area contributed by atoms with Gasteiger partial charge in [-0.2, -0.15) is 0 Å². The number of nitrogens with zero attached hydrogens (tertiary/aromatic N) is 1. The highest BCUT2D eigenvalue weighted by atomic mass is 32.1. The van der Waals surface area contributed by atoms with E-state index in [0.717, 1.165) is 34.0 Å². The average Bonchev–Trinajstić information content (AvgIpc) is 1.57. The number of hydrogen-bond acceptors (Lipinski definition) is 3. The highest BCUT2D eigenvalue weighted by molar-refractivity contribution is 7.27. The minimum absolute atomic E-state index is 0.0344. The van der Waals surface area contributed by atoms with Crippen LogP contribution in [-0.4, -0.2) is 24.5 Å². The van der Waals surface area contributed by atoms with E-state index in [-0.39, 0.29) is 5.41 Å². The number of para-hydroxylation sites is 2. The molecule has 2 aliphatic rings. The van der Waals surface area contributed by atoms with Crippen molar-refractivity contribution in [1.82, 2.24) is 24.5 Å². The molecular formula is C140H87N5OS2. The summed E-state index contributed by atoms with van der Waals surface area (Å²) in [7, 11) is 0. The predicted molar refractivity (Wildman–Crippen MR) is 638 cm³/mol. The van der Waals surface area contributed by atoms with E-state index in [0.29, 0.717) is 0 Å². The van der Waals surface area contributed by atoms with Gasteiger partial charge >= 0.3 is 0 Å². The third kappa shape index (κ3) is 12.0. The van der Waals surface area contributed by atoms with Crippen LogP contribution in [0, 0.1) is 0 Å². The molecule has 26 aromatic carbocycles. The molecule has 0 bridgehead atoms. The minimum atomic E-state index is -0.0344. The number of furan rings is 1. The van der Waals surface area contributed by atoms with E-state index < -0.39 is 0 Å². The highest BCUT2D eigenvalue weighted by Gasteiger charge is 2.39. The van der Waals surface area contributed by atoms with Crippen LogP contribution in [0.4, 0.5) is 0 Å². The smallest absolute Gasteiger partial charge is 0.145 e. The number of aromatic nitrogens is 5. The topological polar surface area (TPSA) is 81.2 Å². The molecule has 148 heavy (non-hydrogen) atoms. The summed E-state index contributed by atoms with van der Waals surface area (Å²) in [6, 6.07) is 165. The second-order valence-electron chi connectivity index (χ2n) is 40.8. The Morgan fingerprint density at radius 1 is 0.236 bits per heavy atom. The second kappa shape index (κ2) is 31.8. The molecule has 690 valence electrons. The van der Waals surface area contributed by atoms with Crippen molar-refractivity contribution in [3.63, 3.8) is 0 Å². The molecule has 0 atom stereocenters. The Labute approximate surface area is 854 Å². The van der Waals surface area contributed by atoms with Crippen molar-refractivity contribution in [3.8, 4) is 27.9 Å². The molecule has 34 aromatic rings. The molecule has 36 rings (SSSR count). The maximum Gasteiger partial charge on any atom is 0.145 e. The first-order chi connectivity index (χ1) is 73.2. The molecule has 0 fully saturated rings. The highest BCUT2D eigenvalue weighted by Crippen LogP contribution is 2.58. The van der Waals surface area contributed by atoms with E-state index in [2.05, 4.69) is 493 Å². The molecule has 0 amide bonds. The number of aromatic amines is 4. The van der Waals surface area contributed by atoms with Gasteiger partial charge in [-0.1, -0.05) is 384 Å². The van der Waals surface area contributed by atoms with E-state index in [1.54, 1.807) is 0 Å². The third-order valence-electron chi connectivity index (χ3n) is 32.7. The summed E-state index contributed by atoms with van der Waals surface area (Å²) in [5, 5.41) is 46.9. The zero-order valence-electron chi connectivity index (χ0n) is 80.7. The molecule has 0 spiro atoms. The molecular weight excluding hydrogens is 1830 g/mol. The van der Waals surface area contributed by atoms with Crippen LogP contribution in [0.15, 0.2) is 459 Å². The van der Waals surface area contributed by atoms with Gasteiger partial charge in [0.05, 0.1) is 38.5 Å². The van der Waals surface area contributed by atoms with Crippen LogP contribution in [0.5, 0.6) is 0 Å². The second-order valence-corrected chi connectivity index (χ2v) is 42.9. The fourth-order valence-corrected chi connectivity index (χ4v) is 28.9. The van der Waals surface area contributed by atoms with Crippen molar-refractivity contribution >= 4 is 302 Å². The summed E-state index contributed by atoms with van der Waals surface area (Å²) in [6.45, 7) is 4.75. The number of thiophene rings is 2. The van der Waals surface area contributed by atoms with E-state index in [9.17, 15) is 0 Å². The van der Waals surface area contributed by atoms with Crippen LogP contribution >= 0.6 is 22.7 Å². The molecule has 2 aliphatic carbocycles. The molecule has 0 unspecified atom stereocenters. The summed E-state index contributed by atoms with van der Waals surface area (Å²) in [4.78, 5) is 14.8. The fraction of sp³-hybridized carbons (Fsp3) is 0.0286. The van der Waals surface area contributed by atoms with Crippen LogP contribution < -0.4 is 0 Å². The molecule has 0 radical (unpaired) electrons. The average molecular weight is 1920 g/mol. The van der Waals surface area contributed by atoms with Crippen LogP contribution in [0.2, 0.25) is 0 Å². The summed E-state index contributed by atoms with van der Waals surface area (Å²) in [6.07, 6.45) is 1.04. The fourth-order valence-electron chi connectivity index (χ4n) is 26.3. The molecule has 0 aliphatic heterocycles. The van der Waals surface area contributed by atoms with Crippen molar-refractivity contribution in [1.29, 1.82) is 0 Å². The van der Waals surface area contributed by atoms with E-state index in [4.69, 9.17) is 4.42 Å². The zero-order chi connectivity index (χ0) is 97.0. The summed E-state index contributed by atoms with van der Waals surface area (Å²) in [5.74, 6) is 0. The van der Waals surface area contributed by atoms with Gasteiger partial charge in [0.15, 0.2) is 0 Å². The molecule has 6 nitrogen and oxygen atoms in total. The zero-order valence-corrected chi connectivity index (χ0v) is 82.3. The lowest BCUT2D eigenvalue weighted by Gasteiger charge is -2.22. The quantitative estimate of drug-likeness (QED) is 0.121. The first-order valence-electron chi connectivity index (χ1n) is 51.2. The summed E-state index contributed by atoms with van der Waals surface area (Å²) in [5.41, 5.74) is 26.6. The Morgan fingerprint density at radius 2 is 0.730 bits per heavy atom. The predicted octanol–water partition coefficient (Wildman–Crippen LogP) is 40.1. The Morgan fingerprint density at radius 3 is 1.47 bits per heavy atom. The van der Waals surface area contributed by atoms with Crippen molar-refractivity contribution in [2.45, 2.75) is 25.7 Å². The Balaban J connectivity index is 0.0000000822. The maximum atomic E-state index is 6.63. The molecule has 0 saturated heterocycles. The third-order valence-corrected chi connectivity index (χ3v) is 35.0. The lowest BCUT2D eigenvalue weighted by Crippen LogP contribution is -2.15. The Kier molecular flexibility index (Phi) is 17.8. The standard InChI is InChI=1S/C32H20N2.C29H21N.C27H16S.C26H15NO.C26H15NS/c1-2-12-24(13-3-1)34-29-15-14-27-31(25-16-20-8-4-6-10-22(20)18-28(25)33-27)32(29)26-17-21-9-5-7-11-23(21)19-30(26)34;1-29(2)23-14-8-7-11-19(23)21-15-16-24-26(27(21)29)25-20-12-5-3-9-17(20)18-10-4-6-13-22(18)28(25)30-24;1-3-9-18-16(7-1)13-14-23-25(18)26-21-12-6-5-11-20(21)22-15-17-8-2-4-10-19(17)24(22)27(26)28-23;1-3-9-17-15(7-1)16-8-2-4-10-18(16)25-23(17)20-13-14-22-24(26(20)28-25)19-11-5-6-12-21(19)27-22;1-2-8-16-15(7-1)13-14-20-23-25(27-24(16)20)18-10-4-3-9-17(18)22-19-11-5-6-12-21(19)28-26(22)23/h1-19,33H;3-16,30H,1-2H3;1-14H,15H2;2*1-14,27H. The van der Waals surface area contributed by atoms with Crippen LogP contribution in [0.1, 0.15) is 36.1 Å². The maximum absolute atomic E-state index is 6.63. The van der Waals surface area contributed by atoms with Gasteiger partial charge in [-0.25, -0.2) is 0 Å². The van der Waals surface area contributed by atoms with Crippen molar-refractivity contribution in [3.05, 3.63) is 477 Å². The van der Waals surface area contributed by atoms with Gasteiger partial charge in [0.25, 0.3) is 0 Å². The van der Waals surface area contributed by atoms with Crippen LogP contribution in [0.25, 0.3) is 307 Å². The minimum Gasteiger partial charge on any atom is -0.455 e. The van der Waals surface area contributed by atoms with Gasteiger partial charge in [0.2, 0.25) is 0 Å². The first kappa shape index (κ1) is 83.1. The van der Waals surface area contributed by atoms with Gasteiger partial charge < -0.3 is 28.9 Å². The molecule has 8 heteroatoms. The molecule has 8 aromatic heterocycles. The van der Waals surface area contributed by atoms with E-state index >= 15 is 0 Å². The van der Waals surface area contributed by atoms with Gasteiger partial charge in [-0.05, 0) is 216 Å². The molecule has 0 saturated carbocycles. The van der Waals surface area contributed by atoms with E-state index in [1.165, 1.54) is 302 Å².